The van der Waals surface area contributed by atoms with Crippen molar-refractivity contribution in [1.82, 2.24) is 4.98 Å². The molecule has 3 aromatic rings. The largest absolute Gasteiger partial charge is 0.476 e. The number of rotatable bonds is 7. The first kappa shape index (κ1) is 31.7. The highest BCUT2D eigenvalue weighted by Crippen LogP contribution is 2.51. The van der Waals surface area contributed by atoms with Crippen LogP contribution in [0.25, 0.3) is 0 Å². The lowest BCUT2D eigenvalue weighted by atomic mass is 9.87. The molecular formula is C27H23F6N3O6S. The maximum atomic E-state index is 13.9. The molecule has 230 valence electrons. The lowest BCUT2D eigenvalue weighted by molar-refractivity contribution is -0.376. The van der Waals surface area contributed by atoms with Crippen LogP contribution in [0.3, 0.4) is 0 Å². The third kappa shape index (κ3) is 5.88. The molecule has 1 aliphatic rings. The topological polar surface area (TPSA) is 137 Å². The van der Waals surface area contributed by atoms with E-state index in [0.717, 1.165) is 10.4 Å². The van der Waals surface area contributed by atoms with E-state index in [9.17, 15) is 54.6 Å². The van der Waals surface area contributed by atoms with E-state index in [1.54, 1.807) is 6.92 Å². The van der Waals surface area contributed by atoms with Crippen molar-refractivity contribution in [3.8, 4) is 0 Å². The highest BCUT2D eigenvalue weighted by Gasteiger charge is 2.71. The number of aryl methyl sites for hydroxylation is 2. The normalized spacial score (nSPS) is 16.0. The standard InChI is InChI=1S/C27H23F6N3O6S/c1-15-4-9-19(10-5-15)43(41,42)36-18(14-22(37)35-20-3-2-12-34-23(20)24(38)39)8-6-16-13-17(7-11-21(16)36)25(40,26(28,29)30)27(31,32)33/h2-5,7,9-13,18,40H,6,8,14H2,1H3,(H,35,37)(H,38,39)/t18-/m0/s1. The number of anilines is 2. The summed E-state index contributed by atoms with van der Waals surface area (Å²) < 4.78 is 110. The molecule has 0 aliphatic carbocycles. The molecule has 0 radical (unpaired) electrons. The number of hydrogen-bond donors (Lipinski definition) is 3. The van der Waals surface area contributed by atoms with E-state index >= 15 is 0 Å². The molecule has 1 atom stereocenters. The Kier molecular flexibility index (Phi) is 8.23. The van der Waals surface area contributed by atoms with Gasteiger partial charge in [-0.15, -0.1) is 0 Å². The number of aromatic carboxylic acids is 1. The minimum absolute atomic E-state index is 0.174. The molecule has 3 N–H and O–H groups in total. The Morgan fingerprint density at radius 3 is 2.23 bits per heavy atom. The minimum atomic E-state index is -6.15. The highest BCUT2D eigenvalue weighted by molar-refractivity contribution is 7.92. The van der Waals surface area contributed by atoms with Crippen LogP contribution in [0.15, 0.2) is 65.7 Å². The van der Waals surface area contributed by atoms with Crippen LogP contribution >= 0.6 is 0 Å². The van der Waals surface area contributed by atoms with Gasteiger partial charge in [-0.05, 0) is 55.7 Å². The van der Waals surface area contributed by atoms with E-state index in [1.807, 2.05) is 0 Å². The first-order chi connectivity index (χ1) is 19.9. The lowest BCUT2D eigenvalue weighted by Gasteiger charge is -2.39. The van der Waals surface area contributed by atoms with E-state index < -0.39 is 63.6 Å². The number of carboxylic acid groups (broad SMARTS) is 1. The Hall–Kier alpha value is -4.18. The zero-order valence-electron chi connectivity index (χ0n) is 22.1. The summed E-state index contributed by atoms with van der Waals surface area (Å²) in [6.07, 6.45) is -12.1. The number of carbonyl (C=O) groups is 2. The summed E-state index contributed by atoms with van der Waals surface area (Å²) in [6, 6.07) is 8.43. The Bertz CT molecular complexity index is 1640. The Morgan fingerprint density at radius 2 is 1.65 bits per heavy atom. The van der Waals surface area contributed by atoms with Crippen LogP contribution < -0.4 is 9.62 Å². The number of fused-ring (bicyclic) bond motifs is 1. The predicted molar refractivity (Wildman–Crippen MR) is 140 cm³/mol. The molecule has 9 nitrogen and oxygen atoms in total. The summed E-state index contributed by atoms with van der Waals surface area (Å²) in [7, 11) is -4.55. The number of nitrogens with zero attached hydrogens (tertiary/aromatic N) is 2. The van der Waals surface area contributed by atoms with E-state index in [-0.39, 0.29) is 34.7 Å². The molecule has 43 heavy (non-hydrogen) atoms. The molecule has 0 fully saturated rings. The van der Waals surface area contributed by atoms with Crippen LogP contribution in [0, 0.1) is 6.92 Å². The zero-order valence-corrected chi connectivity index (χ0v) is 22.9. The number of halogens is 6. The molecular weight excluding hydrogens is 608 g/mol. The van der Waals surface area contributed by atoms with Gasteiger partial charge < -0.3 is 15.5 Å². The van der Waals surface area contributed by atoms with Crippen molar-refractivity contribution >= 4 is 33.3 Å². The smallest absolute Gasteiger partial charge is 0.430 e. The molecule has 0 spiro atoms. The second-order valence-electron chi connectivity index (χ2n) is 9.81. The third-order valence-corrected chi connectivity index (χ3v) is 8.80. The molecule has 2 aromatic carbocycles. The van der Waals surface area contributed by atoms with Crippen LogP contribution in [0.2, 0.25) is 0 Å². The number of carboxylic acids is 1. The van der Waals surface area contributed by atoms with Gasteiger partial charge in [0.1, 0.15) is 0 Å². The molecule has 16 heteroatoms. The van der Waals surface area contributed by atoms with Crippen molar-refractivity contribution in [2.24, 2.45) is 0 Å². The molecule has 0 bridgehead atoms. The summed E-state index contributed by atoms with van der Waals surface area (Å²) in [6.45, 7) is 1.69. The predicted octanol–water partition coefficient (Wildman–Crippen LogP) is 4.94. The first-order valence-electron chi connectivity index (χ1n) is 12.5. The average Bonchev–Trinajstić information content (AvgIpc) is 2.91. The second-order valence-corrected chi connectivity index (χ2v) is 11.6. The molecule has 0 saturated carbocycles. The van der Waals surface area contributed by atoms with E-state index in [1.165, 1.54) is 42.6 Å². The number of sulfonamides is 1. The number of pyridine rings is 1. The van der Waals surface area contributed by atoms with Crippen LogP contribution in [-0.2, 0) is 26.8 Å². The molecule has 2 heterocycles. The first-order valence-corrected chi connectivity index (χ1v) is 13.9. The van der Waals surface area contributed by atoms with Crippen molar-refractivity contribution < 1.29 is 54.6 Å². The van der Waals surface area contributed by atoms with Gasteiger partial charge in [-0.2, -0.15) is 26.3 Å². The number of carbonyl (C=O) groups excluding carboxylic acids is 1. The Labute approximate surface area is 240 Å². The van der Waals surface area contributed by atoms with Gasteiger partial charge in [0.15, 0.2) is 5.69 Å². The summed E-state index contributed by atoms with van der Waals surface area (Å²) in [5, 5.41) is 21.6. The minimum Gasteiger partial charge on any atom is -0.476 e. The lowest BCUT2D eigenvalue weighted by Crippen LogP contribution is -2.54. The van der Waals surface area contributed by atoms with Crippen LogP contribution in [0.5, 0.6) is 0 Å². The number of aromatic nitrogens is 1. The molecule has 1 aliphatic heterocycles. The summed E-state index contributed by atoms with van der Waals surface area (Å²) >= 11 is 0. The number of amides is 1. The highest BCUT2D eigenvalue weighted by atomic mass is 32.2. The van der Waals surface area contributed by atoms with Crippen molar-refractivity contribution in [2.75, 3.05) is 9.62 Å². The van der Waals surface area contributed by atoms with E-state index in [4.69, 9.17) is 0 Å². The fourth-order valence-electron chi connectivity index (χ4n) is 4.78. The molecule has 4 rings (SSSR count). The molecule has 1 aromatic heterocycles. The second kappa shape index (κ2) is 11.1. The van der Waals surface area contributed by atoms with Crippen LogP contribution in [-0.4, -0.2) is 53.9 Å². The van der Waals surface area contributed by atoms with Gasteiger partial charge in [-0.25, -0.2) is 18.2 Å². The number of alkyl halides is 6. The monoisotopic (exact) mass is 631 g/mol. The van der Waals surface area contributed by atoms with Crippen molar-refractivity contribution in [1.29, 1.82) is 0 Å². The fourth-order valence-corrected chi connectivity index (χ4v) is 6.49. The van der Waals surface area contributed by atoms with Gasteiger partial charge in [-0.1, -0.05) is 29.8 Å². The van der Waals surface area contributed by atoms with E-state index in [0.29, 0.717) is 17.7 Å². The summed E-state index contributed by atoms with van der Waals surface area (Å²) in [4.78, 5) is 27.9. The van der Waals surface area contributed by atoms with Gasteiger partial charge in [0.05, 0.1) is 22.3 Å². The van der Waals surface area contributed by atoms with Gasteiger partial charge in [-0.3, -0.25) is 9.10 Å². The molecule has 0 unspecified atom stereocenters. The van der Waals surface area contributed by atoms with Crippen LogP contribution in [0.4, 0.5) is 37.7 Å². The van der Waals surface area contributed by atoms with Gasteiger partial charge in [0, 0.05) is 18.2 Å². The Balaban J connectivity index is 1.79. The SMILES string of the molecule is Cc1ccc(S(=O)(=O)N2c3ccc(C(O)(C(F)(F)F)C(F)(F)F)cc3CC[C@H]2CC(=O)Nc2cccnc2C(=O)O)cc1. The Morgan fingerprint density at radius 1 is 1.02 bits per heavy atom. The van der Waals surface area contributed by atoms with Gasteiger partial charge in [0.2, 0.25) is 5.91 Å². The van der Waals surface area contributed by atoms with Gasteiger partial charge >= 0.3 is 18.3 Å². The number of hydrogen-bond acceptors (Lipinski definition) is 6. The van der Waals surface area contributed by atoms with Crippen LogP contribution in [0.1, 0.15) is 40.0 Å². The average molecular weight is 632 g/mol. The fraction of sp³-hybridized carbons (Fsp3) is 0.296. The maximum absolute atomic E-state index is 13.9. The van der Waals surface area contributed by atoms with E-state index in [2.05, 4.69) is 10.3 Å². The number of benzene rings is 2. The van der Waals surface area contributed by atoms with Crippen molar-refractivity contribution in [2.45, 2.75) is 55.1 Å². The third-order valence-electron chi connectivity index (χ3n) is 6.92. The maximum Gasteiger partial charge on any atom is 0.430 e. The van der Waals surface area contributed by atoms with Crippen molar-refractivity contribution in [3.05, 3.63) is 83.2 Å². The van der Waals surface area contributed by atoms with Gasteiger partial charge in [0.25, 0.3) is 15.6 Å². The number of nitrogens with one attached hydrogen (secondary N) is 1. The summed E-state index contributed by atoms with van der Waals surface area (Å²) in [5.74, 6) is -2.27. The van der Waals surface area contributed by atoms with Crippen molar-refractivity contribution in [3.63, 3.8) is 0 Å². The molecule has 1 amide bonds. The molecule has 0 saturated heterocycles. The quantitative estimate of drug-likeness (QED) is 0.314. The zero-order chi connectivity index (χ0) is 32.0. The number of aliphatic hydroxyl groups is 1. The summed E-state index contributed by atoms with van der Waals surface area (Å²) in [5.41, 5.74) is -7.26.